The first-order valence-electron chi connectivity index (χ1n) is 8.37. The number of hydrogen-bond donors (Lipinski definition) is 1. The molecule has 1 fully saturated rings. The zero-order chi connectivity index (χ0) is 18.7. The molecule has 1 saturated heterocycles. The lowest BCUT2D eigenvalue weighted by Gasteiger charge is -2.27. The van der Waals surface area contributed by atoms with Crippen molar-refractivity contribution in [2.75, 3.05) is 20.1 Å². The number of carbonyl (C=O) groups is 3. The summed E-state index contributed by atoms with van der Waals surface area (Å²) in [7, 11) is 1.64. The first-order valence-corrected chi connectivity index (χ1v) is 8.37. The Balaban J connectivity index is 1.62. The minimum atomic E-state index is -0.518. The first-order chi connectivity index (χ1) is 12.4. The molecule has 4 amide bonds. The third-order valence-corrected chi connectivity index (χ3v) is 4.20. The highest BCUT2D eigenvalue weighted by molar-refractivity contribution is 6.00. The van der Waals surface area contributed by atoms with Gasteiger partial charge in [0, 0.05) is 38.3 Å². The molecule has 1 aromatic heterocycles. The number of hydrogen-bond acceptors (Lipinski definition) is 4. The van der Waals surface area contributed by atoms with Gasteiger partial charge in [0.05, 0.1) is 11.9 Å². The second kappa shape index (κ2) is 7.38. The molecule has 1 aliphatic rings. The van der Waals surface area contributed by atoms with E-state index in [2.05, 4.69) is 10.4 Å². The van der Waals surface area contributed by atoms with Crippen molar-refractivity contribution in [1.29, 1.82) is 0 Å². The molecule has 26 heavy (non-hydrogen) atoms. The van der Waals surface area contributed by atoms with E-state index in [1.807, 2.05) is 37.4 Å². The van der Waals surface area contributed by atoms with Gasteiger partial charge < -0.3 is 10.2 Å². The maximum absolute atomic E-state index is 12.4. The number of benzene rings is 1. The fraction of sp³-hybridized carbons (Fsp3) is 0.333. The van der Waals surface area contributed by atoms with Gasteiger partial charge in [-0.05, 0) is 24.6 Å². The summed E-state index contributed by atoms with van der Waals surface area (Å²) in [4.78, 5) is 38.3. The number of nitrogens with one attached hydrogen (secondary N) is 1. The third kappa shape index (κ3) is 3.90. The number of carbonyl (C=O) groups excluding carboxylic acids is 3. The molecule has 8 nitrogen and oxygen atoms in total. The van der Waals surface area contributed by atoms with E-state index in [0.717, 1.165) is 21.7 Å². The van der Waals surface area contributed by atoms with E-state index in [0.29, 0.717) is 13.1 Å². The molecule has 0 unspecified atom stereocenters. The Morgan fingerprint density at radius 3 is 2.88 bits per heavy atom. The van der Waals surface area contributed by atoms with Gasteiger partial charge in [-0.2, -0.15) is 5.10 Å². The van der Waals surface area contributed by atoms with E-state index >= 15 is 0 Å². The summed E-state index contributed by atoms with van der Waals surface area (Å²) in [6.07, 6.45) is 3.77. The van der Waals surface area contributed by atoms with Crippen LogP contribution < -0.4 is 5.32 Å². The van der Waals surface area contributed by atoms with Gasteiger partial charge in [0.2, 0.25) is 11.8 Å². The van der Waals surface area contributed by atoms with Crippen LogP contribution in [0.5, 0.6) is 0 Å². The van der Waals surface area contributed by atoms with Gasteiger partial charge in [-0.15, -0.1) is 0 Å². The van der Waals surface area contributed by atoms with Crippen molar-refractivity contribution in [2.45, 2.75) is 19.9 Å². The van der Waals surface area contributed by atoms with Gasteiger partial charge in [-0.3, -0.25) is 14.5 Å². The number of imide groups is 1. The average molecular weight is 355 g/mol. The lowest BCUT2D eigenvalue weighted by atomic mass is 10.2. The predicted octanol–water partition coefficient (Wildman–Crippen LogP) is 1.08. The molecule has 3 rings (SSSR count). The molecule has 2 aromatic rings. The highest BCUT2D eigenvalue weighted by Crippen LogP contribution is 2.12. The van der Waals surface area contributed by atoms with Crippen molar-refractivity contribution in [2.24, 2.45) is 0 Å². The monoisotopic (exact) mass is 355 g/mol. The van der Waals surface area contributed by atoms with Crippen LogP contribution >= 0.6 is 0 Å². The smallest absolute Gasteiger partial charge is 0.324 e. The lowest BCUT2D eigenvalue weighted by molar-refractivity contribution is -0.138. The number of aromatic nitrogens is 2. The molecule has 0 radical (unpaired) electrons. The summed E-state index contributed by atoms with van der Waals surface area (Å²) >= 11 is 0. The largest absolute Gasteiger partial charge is 0.340 e. The molecule has 136 valence electrons. The van der Waals surface area contributed by atoms with Crippen LogP contribution in [0.25, 0.3) is 5.69 Å². The average Bonchev–Trinajstić information content (AvgIpc) is 3.06. The van der Waals surface area contributed by atoms with Gasteiger partial charge in [-0.25, -0.2) is 9.48 Å². The van der Waals surface area contributed by atoms with E-state index in [9.17, 15) is 14.4 Å². The van der Waals surface area contributed by atoms with Crippen molar-refractivity contribution in [1.82, 2.24) is 24.9 Å². The topological polar surface area (TPSA) is 87.5 Å². The molecule has 8 heteroatoms. The fourth-order valence-corrected chi connectivity index (χ4v) is 2.75. The summed E-state index contributed by atoms with van der Waals surface area (Å²) in [6, 6.07) is 7.43. The summed E-state index contributed by atoms with van der Waals surface area (Å²) in [5.41, 5.74) is 2.94. The predicted molar refractivity (Wildman–Crippen MR) is 94.5 cm³/mol. The summed E-state index contributed by atoms with van der Waals surface area (Å²) in [6.45, 7) is 2.41. The van der Waals surface area contributed by atoms with Crippen LogP contribution in [0.1, 0.15) is 17.5 Å². The lowest BCUT2D eigenvalue weighted by Crippen LogP contribution is -2.53. The number of likely N-dealkylation sites (N-methyl/N-ethyl adjacent to an activating group) is 1. The fourth-order valence-electron chi connectivity index (χ4n) is 2.75. The Hall–Kier alpha value is -3.16. The van der Waals surface area contributed by atoms with E-state index in [1.54, 1.807) is 17.9 Å². The van der Waals surface area contributed by atoms with Crippen LogP contribution in [0.2, 0.25) is 0 Å². The number of urea groups is 1. The highest BCUT2D eigenvalue weighted by Gasteiger charge is 2.28. The number of aryl methyl sites for hydroxylation is 1. The van der Waals surface area contributed by atoms with Crippen molar-refractivity contribution < 1.29 is 14.4 Å². The van der Waals surface area contributed by atoms with Crippen molar-refractivity contribution in [3.05, 3.63) is 47.8 Å². The second-order valence-corrected chi connectivity index (χ2v) is 6.34. The van der Waals surface area contributed by atoms with Gasteiger partial charge in [0.25, 0.3) is 0 Å². The zero-order valence-corrected chi connectivity index (χ0v) is 14.8. The molecular formula is C18H21N5O3. The number of rotatable bonds is 5. The standard InChI is InChI=1S/C18H21N5O3/c1-13-4-3-5-15(8-13)23-11-14(9-20-23)10-21(2)17(25)12-22-16(24)6-7-19-18(22)26/h3-5,8-9,11H,6-7,10,12H2,1-2H3,(H,19,26). The van der Waals surface area contributed by atoms with Crippen molar-refractivity contribution >= 4 is 17.8 Å². The van der Waals surface area contributed by atoms with Crippen LogP contribution in [-0.4, -0.2) is 57.6 Å². The van der Waals surface area contributed by atoms with E-state index in [1.165, 1.54) is 4.90 Å². The maximum Gasteiger partial charge on any atom is 0.324 e. The molecule has 0 bridgehead atoms. The van der Waals surface area contributed by atoms with Crippen LogP contribution in [0, 0.1) is 6.92 Å². The molecule has 2 heterocycles. The summed E-state index contributed by atoms with van der Waals surface area (Å²) < 4.78 is 1.75. The minimum Gasteiger partial charge on any atom is -0.340 e. The van der Waals surface area contributed by atoms with E-state index in [-0.39, 0.29) is 24.8 Å². The molecule has 0 atom stereocenters. The Kier molecular flexibility index (Phi) is 5.01. The van der Waals surface area contributed by atoms with Crippen molar-refractivity contribution in [3.63, 3.8) is 0 Å². The normalized spacial score (nSPS) is 14.3. The Morgan fingerprint density at radius 1 is 1.35 bits per heavy atom. The van der Waals surface area contributed by atoms with Gasteiger partial charge >= 0.3 is 6.03 Å². The maximum atomic E-state index is 12.4. The third-order valence-electron chi connectivity index (χ3n) is 4.20. The second-order valence-electron chi connectivity index (χ2n) is 6.34. The Morgan fingerprint density at radius 2 is 2.15 bits per heavy atom. The van der Waals surface area contributed by atoms with Gasteiger partial charge in [0.1, 0.15) is 6.54 Å². The van der Waals surface area contributed by atoms with E-state index < -0.39 is 6.03 Å². The summed E-state index contributed by atoms with van der Waals surface area (Å²) in [5.74, 6) is -0.638. The molecule has 1 N–H and O–H groups in total. The molecule has 0 saturated carbocycles. The Bertz CT molecular complexity index is 829. The van der Waals surface area contributed by atoms with Crippen molar-refractivity contribution in [3.8, 4) is 5.69 Å². The zero-order valence-electron chi connectivity index (χ0n) is 14.8. The molecular weight excluding hydrogens is 334 g/mol. The Labute approximate surface area is 151 Å². The molecule has 1 aliphatic heterocycles. The quantitative estimate of drug-likeness (QED) is 0.869. The molecule has 0 aliphatic carbocycles. The van der Waals surface area contributed by atoms with Crippen LogP contribution in [-0.2, 0) is 16.1 Å². The van der Waals surface area contributed by atoms with Gasteiger partial charge in [-0.1, -0.05) is 12.1 Å². The molecule has 0 spiro atoms. The SMILES string of the molecule is Cc1cccc(-n2cc(CN(C)C(=O)CN3C(=O)CCNC3=O)cn2)c1. The van der Waals surface area contributed by atoms with Crippen LogP contribution in [0.3, 0.4) is 0 Å². The minimum absolute atomic E-state index is 0.214. The van der Waals surface area contributed by atoms with E-state index in [4.69, 9.17) is 0 Å². The van der Waals surface area contributed by atoms with Crippen LogP contribution in [0.4, 0.5) is 4.79 Å². The highest BCUT2D eigenvalue weighted by atomic mass is 16.2. The first kappa shape index (κ1) is 17.7. The number of amides is 4. The number of nitrogens with zero attached hydrogens (tertiary/aromatic N) is 4. The van der Waals surface area contributed by atoms with Gasteiger partial charge in [0.15, 0.2) is 0 Å². The summed E-state index contributed by atoms with van der Waals surface area (Å²) in [5, 5.41) is 6.89. The van der Waals surface area contributed by atoms with Crippen LogP contribution in [0.15, 0.2) is 36.7 Å². The molecule has 1 aromatic carbocycles.